The minimum absolute atomic E-state index is 0.0845. The number of aryl methyl sites for hydroxylation is 2. The number of ether oxygens (including phenoxy) is 2. The Bertz CT molecular complexity index is 675. The van der Waals surface area contributed by atoms with Gasteiger partial charge in [0.15, 0.2) is 6.61 Å². The monoisotopic (exact) mass is 347 g/mol. The predicted octanol–water partition coefficient (Wildman–Crippen LogP) is 4.76. The maximum atomic E-state index is 12.1. The van der Waals surface area contributed by atoms with Gasteiger partial charge < -0.3 is 14.8 Å². The molecule has 1 N–H and O–H groups in total. The fourth-order valence-corrected chi connectivity index (χ4v) is 2.62. The van der Waals surface area contributed by atoms with Crippen LogP contribution in [-0.2, 0) is 4.79 Å². The first kappa shape index (κ1) is 18.1. The topological polar surface area (TPSA) is 47.6 Å². The van der Waals surface area contributed by atoms with Crippen molar-refractivity contribution in [2.75, 3.05) is 18.5 Å². The Morgan fingerprint density at radius 1 is 1.08 bits per heavy atom. The van der Waals surface area contributed by atoms with Crippen LogP contribution in [0.5, 0.6) is 11.5 Å². The van der Waals surface area contributed by atoms with Gasteiger partial charge in [-0.3, -0.25) is 4.79 Å². The van der Waals surface area contributed by atoms with Gasteiger partial charge in [0.1, 0.15) is 11.5 Å². The van der Waals surface area contributed by atoms with E-state index in [-0.39, 0.29) is 12.5 Å². The third-order valence-corrected chi connectivity index (χ3v) is 3.66. The van der Waals surface area contributed by atoms with Crippen LogP contribution < -0.4 is 14.8 Å². The molecule has 0 atom stereocenters. The number of nitrogens with one attached hydrogen (secondary N) is 1. The van der Waals surface area contributed by atoms with E-state index in [1.807, 2.05) is 38.1 Å². The quantitative estimate of drug-likeness (QED) is 0.785. The summed E-state index contributed by atoms with van der Waals surface area (Å²) < 4.78 is 11.0. The number of benzene rings is 2. The molecule has 2 aromatic rings. The Kier molecular flexibility index (Phi) is 6.50. The minimum Gasteiger partial charge on any atom is -0.494 e. The lowest BCUT2D eigenvalue weighted by Crippen LogP contribution is -2.21. The largest absolute Gasteiger partial charge is 0.494 e. The number of anilines is 1. The van der Waals surface area contributed by atoms with Crippen molar-refractivity contribution >= 4 is 23.2 Å². The van der Waals surface area contributed by atoms with Crippen molar-refractivity contribution in [1.82, 2.24) is 0 Å². The molecule has 0 saturated carbocycles. The van der Waals surface area contributed by atoms with Gasteiger partial charge in [0.05, 0.1) is 17.3 Å². The number of carbonyl (C=O) groups excluding carboxylic acids is 1. The van der Waals surface area contributed by atoms with E-state index in [0.29, 0.717) is 23.1 Å². The average Bonchev–Trinajstić information content (AvgIpc) is 2.55. The summed E-state index contributed by atoms with van der Waals surface area (Å²) in [6.45, 7) is 6.52. The van der Waals surface area contributed by atoms with Crippen LogP contribution in [0, 0.1) is 13.8 Å². The lowest BCUT2D eigenvalue weighted by atomic mass is 10.1. The zero-order valence-electron chi connectivity index (χ0n) is 14.2. The molecule has 0 radical (unpaired) electrons. The Hall–Kier alpha value is -2.20. The lowest BCUT2D eigenvalue weighted by molar-refractivity contribution is -0.118. The minimum atomic E-state index is -0.254. The molecule has 128 valence electrons. The number of carbonyl (C=O) groups is 1. The van der Waals surface area contributed by atoms with Crippen LogP contribution in [0.4, 0.5) is 5.69 Å². The molecule has 1 amide bonds. The lowest BCUT2D eigenvalue weighted by Gasteiger charge is -2.12. The average molecular weight is 348 g/mol. The molecule has 0 heterocycles. The van der Waals surface area contributed by atoms with Crippen molar-refractivity contribution in [3.05, 3.63) is 52.5 Å². The van der Waals surface area contributed by atoms with Crippen molar-refractivity contribution < 1.29 is 14.3 Å². The summed E-state index contributed by atoms with van der Waals surface area (Å²) in [5.41, 5.74) is 2.60. The normalized spacial score (nSPS) is 10.3. The first-order valence-corrected chi connectivity index (χ1v) is 8.29. The molecular formula is C19H22ClNO3. The fourth-order valence-electron chi connectivity index (χ4n) is 2.25. The Labute approximate surface area is 147 Å². The Morgan fingerprint density at radius 3 is 2.29 bits per heavy atom. The first-order chi connectivity index (χ1) is 11.5. The second-order valence-electron chi connectivity index (χ2n) is 5.60. The van der Waals surface area contributed by atoms with E-state index in [2.05, 4.69) is 12.2 Å². The molecule has 24 heavy (non-hydrogen) atoms. The predicted molar refractivity (Wildman–Crippen MR) is 97.3 cm³/mol. The highest BCUT2D eigenvalue weighted by atomic mass is 35.5. The molecule has 0 aliphatic rings. The van der Waals surface area contributed by atoms with E-state index in [1.165, 1.54) is 0 Å². The van der Waals surface area contributed by atoms with Crippen molar-refractivity contribution in [3.63, 3.8) is 0 Å². The SMILES string of the molecule is CCCOc1ccc(OCC(=O)Nc2c(C)cc(C)cc2Cl)cc1. The molecule has 0 aliphatic carbocycles. The van der Waals surface area contributed by atoms with Gasteiger partial charge in [-0.25, -0.2) is 0 Å². The molecule has 0 unspecified atom stereocenters. The molecule has 0 spiro atoms. The van der Waals surface area contributed by atoms with Crippen LogP contribution in [0.15, 0.2) is 36.4 Å². The fraction of sp³-hybridized carbons (Fsp3) is 0.316. The summed E-state index contributed by atoms with van der Waals surface area (Å²) in [6, 6.07) is 11.0. The van der Waals surface area contributed by atoms with Crippen LogP contribution in [-0.4, -0.2) is 19.1 Å². The third kappa shape index (κ3) is 5.17. The first-order valence-electron chi connectivity index (χ1n) is 7.92. The zero-order valence-corrected chi connectivity index (χ0v) is 14.9. The summed E-state index contributed by atoms with van der Waals surface area (Å²) >= 11 is 6.19. The highest BCUT2D eigenvalue weighted by Gasteiger charge is 2.10. The van der Waals surface area contributed by atoms with E-state index in [9.17, 15) is 4.79 Å². The van der Waals surface area contributed by atoms with Crippen molar-refractivity contribution in [1.29, 1.82) is 0 Å². The molecule has 2 aromatic carbocycles. The maximum Gasteiger partial charge on any atom is 0.262 e. The standard InChI is InChI=1S/C19H22ClNO3/c1-4-9-23-15-5-7-16(8-6-15)24-12-18(22)21-19-14(3)10-13(2)11-17(19)20/h5-8,10-11H,4,9,12H2,1-3H3,(H,21,22). The molecule has 0 aliphatic heterocycles. The summed E-state index contributed by atoms with van der Waals surface area (Å²) in [4.78, 5) is 12.1. The molecule has 0 bridgehead atoms. The van der Waals surface area contributed by atoms with Gasteiger partial charge in [-0.2, -0.15) is 0 Å². The summed E-state index contributed by atoms with van der Waals surface area (Å²) in [6.07, 6.45) is 0.958. The number of halogens is 1. The van der Waals surface area contributed by atoms with Crippen LogP contribution in [0.3, 0.4) is 0 Å². The second kappa shape index (κ2) is 8.60. The number of rotatable bonds is 7. The smallest absolute Gasteiger partial charge is 0.262 e. The van der Waals surface area contributed by atoms with Crippen molar-refractivity contribution in [2.24, 2.45) is 0 Å². The van der Waals surface area contributed by atoms with Crippen LogP contribution in [0.25, 0.3) is 0 Å². The molecule has 4 nitrogen and oxygen atoms in total. The third-order valence-electron chi connectivity index (χ3n) is 3.36. The molecule has 2 rings (SSSR count). The molecular weight excluding hydrogens is 326 g/mol. The Balaban J connectivity index is 1.89. The van der Waals surface area contributed by atoms with Crippen LogP contribution in [0.1, 0.15) is 24.5 Å². The van der Waals surface area contributed by atoms with Crippen molar-refractivity contribution in [3.8, 4) is 11.5 Å². The van der Waals surface area contributed by atoms with Gasteiger partial charge in [-0.1, -0.05) is 24.6 Å². The van der Waals surface area contributed by atoms with E-state index in [0.717, 1.165) is 23.3 Å². The number of amides is 1. The highest BCUT2D eigenvalue weighted by Crippen LogP contribution is 2.27. The van der Waals surface area contributed by atoms with E-state index in [1.54, 1.807) is 12.1 Å². The molecule has 0 fully saturated rings. The summed E-state index contributed by atoms with van der Waals surface area (Å²) in [7, 11) is 0. The van der Waals surface area contributed by atoms with Gasteiger partial charge >= 0.3 is 0 Å². The maximum absolute atomic E-state index is 12.1. The van der Waals surface area contributed by atoms with Gasteiger partial charge in [0, 0.05) is 0 Å². The molecule has 0 aromatic heterocycles. The summed E-state index contributed by atoms with van der Waals surface area (Å²) in [5, 5.41) is 3.32. The zero-order chi connectivity index (χ0) is 17.5. The van der Waals surface area contributed by atoms with E-state index >= 15 is 0 Å². The Morgan fingerprint density at radius 2 is 1.71 bits per heavy atom. The van der Waals surface area contributed by atoms with E-state index in [4.69, 9.17) is 21.1 Å². The molecule has 5 heteroatoms. The van der Waals surface area contributed by atoms with Crippen LogP contribution in [0.2, 0.25) is 5.02 Å². The summed E-state index contributed by atoms with van der Waals surface area (Å²) in [5.74, 6) is 1.14. The van der Waals surface area contributed by atoms with Gasteiger partial charge in [0.25, 0.3) is 5.91 Å². The van der Waals surface area contributed by atoms with Gasteiger partial charge in [-0.15, -0.1) is 0 Å². The van der Waals surface area contributed by atoms with Gasteiger partial charge in [0.2, 0.25) is 0 Å². The van der Waals surface area contributed by atoms with Crippen molar-refractivity contribution in [2.45, 2.75) is 27.2 Å². The van der Waals surface area contributed by atoms with E-state index < -0.39 is 0 Å². The van der Waals surface area contributed by atoms with Crippen LogP contribution >= 0.6 is 11.6 Å². The molecule has 0 saturated heterocycles. The highest BCUT2D eigenvalue weighted by molar-refractivity contribution is 6.34. The number of hydrogen-bond acceptors (Lipinski definition) is 3. The number of hydrogen-bond donors (Lipinski definition) is 1. The van der Waals surface area contributed by atoms with Gasteiger partial charge in [-0.05, 0) is 61.7 Å². The second-order valence-corrected chi connectivity index (χ2v) is 6.00.